The van der Waals surface area contributed by atoms with E-state index in [1.807, 2.05) is 31.2 Å². The maximum atomic E-state index is 11.7. The molecule has 2 aromatic rings. The molecule has 0 spiro atoms. The molecule has 0 atom stereocenters. The molecule has 7 nitrogen and oxygen atoms in total. The summed E-state index contributed by atoms with van der Waals surface area (Å²) in [5.41, 5.74) is 7.77. The molecule has 0 unspecified atom stereocenters. The lowest BCUT2D eigenvalue weighted by Crippen LogP contribution is -2.28. The van der Waals surface area contributed by atoms with Crippen LogP contribution in [0.5, 0.6) is 0 Å². The summed E-state index contributed by atoms with van der Waals surface area (Å²) in [5, 5.41) is 6.03. The Bertz CT molecular complexity index is 722. The summed E-state index contributed by atoms with van der Waals surface area (Å²) < 4.78 is 0. The van der Waals surface area contributed by atoms with Crippen LogP contribution in [0, 0.1) is 12.8 Å². The third-order valence-corrected chi connectivity index (χ3v) is 4.19. The second-order valence-electron chi connectivity index (χ2n) is 6.06. The van der Waals surface area contributed by atoms with Gasteiger partial charge in [-0.1, -0.05) is 32.0 Å². The fourth-order valence-electron chi connectivity index (χ4n) is 2.00. The number of anilines is 3. The van der Waals surface area contributed by atoms with Crippen molar-refractivity contribution in [2.75, 3.05) is 23.3 Å². The van der Waals surface area contributed by atoms with Crippen LogP contribution in [0.1, 0.15) is 25.2 Å². The fraction of sp³-hybridized carbons (Fsp3) is 0.412. The summed E-state index contributed by atoms with van der Waals surface area (Å²) in [6, 6.07) is 7.85. The lowest BCUT2D eigenvalue weighted by atomic mass is 10.2. The SMILES string of the molecule is Cc1ccccc1Nc1nc(N)nc(CSCC(=O)NCC(C)C)n1. The average Bonchev–Trinajstić information content (AvgIpc) is 2.54. The van der Waals surface area contributed by atoms with Gasteiger partial charge >= 0.3 is 0 Å². The average molecular weight is 360 g/mol. The van der Waals surface area contributed by atoms with E-state index < -0.39 is 0 Å². The molecule has 8 heteroatoms. The maximum absolute atomic E-state index is 11.7. The van der Waals surface area contributed by atoms with Gasteiger partial charge in [0, 0.05) is 12.2 Å². The van der Waals surface area contributed by atoms with Gasteiger partial charge in [0.1, 0.15) is 5.82 Å². The highest BCUT2D eigenvalue weighted by Crippen LogP contribution is 2.18. The van der Waals surface area contributed by atoms with Crippen molar-refractivity contribution < 1.29 is 4.79 Å². The molecule has 4 N–H and O–H groups in total. The van der Waals surface area contributed by atoms with E-state index in [-0.39, 0.29) is 11.9 Å². The van der Waals surface area contributed by atoms with Crippen molar-refractivity contribution in [3.8, 4) is 0 Å². The molecule has 134 valence electrons. The van der Waals surface area contributed by atoms with Crippen molar-refractivity contribution in [2.45, 2.75) is 26.5 Å². The number of benzene rings is 1. The van der Waals surface area contributed by atoms with E-state index >= 15 is 0 Å². The smallest absolute Gasteiger partial charge is 0.232 e. The van der Waals surface area contributed by atoms with Gasteiger partial charge in [-0.3, -0.25) is 4.79 Å². The van der Waals surface area contributed by atoms with Crippen LogP contribution in [0.4, 0.5) is 17.6 Å². The zero-order chi connectivity index (χ0) is 18.2. The molecule has 0 fully saturated rings. The van der Waals surface area contributed by atoms with Crippen molar-refractivity contribution in [1.29, 1.82) is 0 Å². The van der Waals surface area contributed by atoms with Gasteiger partial charge in [-0.25, -0.2) is 0 Å². The number of nitrogens with zero attached hydrogens (tertiary/aromatic N) is 3. The predicted octanol–water partition coefficient (Wildman–Crippen LogP) is 2.51. The van der Waals surface area contributed by atoms with Gasteiger partial charge in [0.15, 0.2) is 0 Å². The Balaban J connectivity index is 1.93. The lowest BCUT2D eigenvalue weighted by Gasteiger charge is -2.09. The van der Waals surface area contributed by atoms with E-state index in [4.69, 9.17) is 5.73 Å². The summed E-state index contributed by atoms with van der Waals surface area (Å²) in [6.07, 6.45) is 0. The van der Waals surface area contributed by atoms with E-state index in [0.29, 0.717) is 35.7 Å². The number of nitrogens with two attached hydrogens (primary N) is 1. The topological polar surface area (TPSA) is 106 Å². The molecule has 0 radical (unpaired) electrons. The van der Waals surface area contributed by atoms with E-state index in [2.05, 4.69) is 39.4 Å². The molecule has 0 aliphatic carbocycles. The molecular formula is C17H24N6OS. The van der Waals surface area contributed by atoms with E-state index in [1.165, 1.54) is 11.8 Å². The number of aromatic nitrogens is 3. The summed E-state index contributed by atoms with van der Waals surface area (Å²) >= 11 is 1.44. The summed E-state index contributed by atoms with van der Waals surface area (Å²) in [5.74, 6) is 2.41. The minimum absolute atomic E-state index is 0.0130. The molecule has 25 heavy (non-hydrogen) atoms. The normalized spacial score (nSPS) is 10.7. The summed E-state index contributed by atoms with van der Waals surface area (Å²) in [7, 11) is 0. The van der Waals surface area contributed by atoms with Crippen molar-refractivity contribution in [3.63, 3.8) is 0 Å². The number of nitrogen functional groups attached to an aromatic ring is 1. The Kier molecular flexibility index (Phi) is 7.00. The maximum Gasteiger partial charge on any atom is 0.232 e. The number of hydrogen-bond acceptors (Lipinski definition) is 7. The number of para-hydroxylation sites is 1. The third-order valence-electron chi connectivity index (χ3n) is 3.26. The van der Waals surface area contributed by atoms with Gasteiger partial charge in [-0.15, -0.1) is 11.8 Å². The Hall–Kier alpha value is -2.35. The second-order valence-corrected chi connectivity index (χ2v) is 7.05. The van der Waals surface area contributed by atoms with E-state index in [9.17, 15) is 4.79 Å². The van der Waals surface area contributed by atoms with Gasteiger partial charge < -0.3 is 16.4 Å². The van der Waals surface area contributed by atoms with Crippen molar-refractivity contribution in [1.82, 2.24) is 20.3 Å². The van der Waals surface area contributed by atoms with Crippen LogP contribution in [-0.4, -0.2) is 33.2 Å². The van der Waals surface area contributed by atoms with Crippen LogP contribution < -0.4 is 16.4 Å². The van der Waals surface area contributed by atoms with Crippen molar-refractivity contribution >= 4 is 35.3 Å². The number of aryl methyl sites for hydroxylation is 1. The Labute approximate surface area is 152 Å². The highest BCUT2D eigenvalue weighted by Gasteiger charge is 2.08. The number of carbonyl (C=O) groups excluding carboxylic acids is 1. The molecule has 1 heterocycles. The Morgan fingerprint density at radius 3 is 2.72 bits per heavy atom. The number of nitrogens with one attached hydrogen (secondary N) is 2. The van der Waals surface area contributed by atoms with Gasteiger partial charge in [-0.2, -0.15) is 15.0 Å². The second kappa shape index (κ2) is 9.22. The highest BCUT2D eigenvalue weighted by molar-refractivity contribution is 7.99. The molecule has 1 aromatic heterocycles. The molecule has 0 aliphatic rings. The Morgan fingerprint density at radius 1 is 1.24 bits per heavy atom. The Morgan fingerprint density at radius 2 is 2.00 bits per heavy atom. The molecule has 0 bridgehead atoms. The molecule has 2 rings (SSSR count). The lowest BCUT2D eigenvalue weighted by molar-refractivity contribution is -0.118. The van der Waals surface area contributed by atoms with Crippen LogP contribution in [0.25, 0.3) is 0 Å². The summed E-state index contributed by atoms with van der Waals surface area (Å²) in [6.45, 7) is 6.80. The molecule has 0 aliphatic heterocycles. The number of thioether (sulfide) groups is 1. The van der Waals surface area contributed by atoms with E-state index in [1.54, 1.807) is 0 Å². The van der Waals surface area contributed by atoms with Crippen molar-refractivity contribution in [3.05, 3.63) is 35.7 Å². The third kappa shape index (κ3) is 6.58. The first kappa shape index (κ1) is 19.0. The zero-order valence-corrected chi connectivity index (χ0v) is 15.6. The number of amides is 1. The van der Waals surface area contributed by atoms with Crippen LogP contribution in [0.15, 0.2) is 24.3 Å². The first-order valence-corrected chi connectivity index (χ1v) is 9.27. The highest BCUT2D eigenvalue weighted by atomic mass is 32.2. The van der Waals surface area contributed by atoms with Crippen LogP contribution in [0.3, 0.4) is 0 Å². The van der Waals surface area contributed by atoms with Gasteiger partial charge in [0.25, 0.3) is 0 Å². The van der Waals surface area contributed by atoms with Crippen LogP contribution in [0.2, 0.25) is 0 Å². The molecule has 1 aromatic carbocycles. The molecular weight excluding hydrogens is 336 g/mol. The first-order chi connectivity index (χ1) is 11.9. The van der Waals surface area contributed by atoms with E-state index in [0.717, 1.165) is 11.3 Å². The molecule has 0 saturated carbocycles. The number of rotatable bonds is 8. The monoisotopic (exact) mass is 360 g/mol. The predicted molar refractivity (Wildman–Crippen MR) is 103 cm³/mol. The zero-order valence-electron chi connectivity index (χ0n) is 14.7. The molecule has 1 amide bonds. The van der Waals surface area contributed by atoms with Gasteiger partial charge in [0.2, 0.25) is 17.8 Å². The minimum Gasteiger partial charge on any atom is -0.368 e. The van der Waals surface area contributed by atoms with Crippen LogP contribution in [-0.2, 0) is 10.5 Å². The fourth-order valence-corrected chi connectivity index (χ4v) is 2.70. The number of hydrogen-bond donors (Lipinski definition) is 3. The first-order valence-electron chi connectivity index (χ1n) is 8.11. The summed E-state index contributed by atoms with van der Waals surface area (Å²) in [4.78, 5) is 24.4. The van der Waals surface area contributed by atoms with Crippen LogP contribution >= 0.6 is 11.8 Å². The standard InChI is InChI=1S/C17H24N6OS/c1-11(2)8-19-15(24)10-25-9-14-21-16(18)23-17(22-14)20-13-7-5-4-6-12(13)3/h4-7,11H,8-10H2,1-3H3,(H,19,24)(H3,18,20,21,22,23). The largest absolute Gasteiger partial charge is 0.368 e. The number of carbonyl (C=O) groups is 1. The molecule has 0 saturated heterocycles. The van der Waals surface area contributed by atoms with Gasteiger partial charge in [-0.05, 0) is 24.5 Å². The van der Waals surface area contributed by atoms with Crippen molar-refractivity contribution in [2.24, 2.45) is 5.92 Å². The van der Waals surface area contributed by atoms with Gasteiger partial charge in [0.05, 0.1) is 11.5 Å². The minimum atomic E-state index is 0.0130. The quantitative estimate of drug-likeness (QED) is 0.664.